The SMILES string of the molecule is CC1([C@@H]2CC[C@@H]3[C@H]4CC[C@H]5CC6(C/C(=N\O)[C@]5(C)[C@@H]4[C@H](O)C[C@]32C)OCCO6)OCCO1. The molecule has 2 aliphatic heterocycles. The minimum Gasteiger partial charge on any atom is -0.411 e. The van der Waals surface area contributed by atoms with Crippen molar-refractivity contribution in [3.63, 3.8) is 0 Å². The van der Waals surface area contributed by atoms with Crippen LogP contribution >= 0.6 is 0 Å². The number of aliphatic hydroxyl groups is 1. The number of hydrogen-bond acceptors (Lipinski definition) is 7. The fraction of sp³-hybridized carbons (Fsp3) is 0.960. The Morgan fingerprint density at radius 3 is 2.25 bits per heavy atom. The first kappa shape index (κ1) is 21.8. The van der Waals surface area contributed by atoms with E-state index in [9.17, 15) is 10.3 Å². The van der Waals surface area contributed by atoms with Gasteiger partial charge in [0.1, 0.15) is 0 Å². The molecule has 180 valence electrons. The molecular weight excluding hydrogens is 410 g/mol. The second-order valence-corrected chi connectivity index (χ2v) is 12.0. The van der Waals surface area contributed by atoms with Crippen molar-refractivity contribution in [2.45, 2.75) is 83.4 Å². The fourth-order valence-corrected chi connectivity index (χ4v) is 9.65. The number of ether oxygens (including phenoxy) is 4. The molecule has 32 heavy (non-hydrogen) atoms. The van der Waals surface area contributed by atoms with Crippen LogP contribution in [0, 0.1) is 40.4 Å². The predicted molar refractivity (Wildman–Crippen MR) is 116 cm³/mol. The molecule has 7 heteroatoms. The Kier molecular flexibility index (Phi) is 4.86. The van der Waals surface area contributed by atoms with E-state index in [0.29, 0.717) is 50.6 Å². The average Bonchev–Trinajstić information content (AvgIpc) is 3.47. The van der Waals surface area contributed by atoms with Crippen LogP contribution in [0.2, 0.25) is 0 Å². The Bertz CT molecular complexity index is 789. The van der Waals surface area contributed by atoms with E-state index in [4.69, 9.17) is 18.9 Å². The van der Waals surface area contributed by atoms with Crippen LogP contribution in [0.25, 0.3) is 0 Å². The zero-order valence-electron chi connectivity index (χ0n) is 19.7. The van der Waals surface area contributed by atoms with Gasteiger partial charge in [0.2, 0.25) is 0 Å². The molecule has 2 N–H and O–H groups in total. The molecule has 0 aromatic heterocycles. The molecule has 4 saturated carbocycles. The molecule has 4 aliphatic carbocycles. The summed E-state index contributed by atoms with van der Waals surface area (Å²) in [6.45, 7) is 9.23. The van der Waals surface area contributed by atoms with Crippen molar-refractivity contribution in [2.24, 2.45) is 45.6 Å². The van der Waals surface area contributed by atoms with E-state index in [2.05, 4.69) is 25.9 Å². The molecule has 8 atom stereocenters. The minimum absolute atomic E-state index is 0.00699. The van der Waals surface area contributed by atoms with Gasteiger partial charge in [0.25, 0.3) is 0 Å². The van der Waals surface area contributed by atoms with E-state index < -0.39 is 17.7 Å². The molecule has 6 fully saturated rings. The van der Waals surface area contributed by atoms with E-state index >= 15 is 0 Å². The van der Waals surface area contributed by atoms with Crippen molar-refractivity contribution in [1.82, 2.24) is 0 Å². The molecule has 0 aromatic rings. The van der Waals surface area contributed by atoms with Crippen LogP contribution < -0.4 is 0 Å². The van der Waals surface area contributed by atoms with Crippen LogP contribution in [0.15, 0.2) is 5.16 Å². The van der Waals surface area contributed by atoms with Gasteiger partial charge in [-0.15, -0.1) is 0 Å². The highest BCUT2D eigenvalue weighted by atomic mass is 16.7. The lowest BCUT2D eigenvalue weighted by Gasteiger charge is -2.63. The van der Waals surface area contributed by atoms with Gasteiger partial charge in [0.15, 0.2) is 11.6 Å². The lowest BCUT2D eigenvalue weighted by molar-refractivity contribution is -0.233. The molecule has 2 heterocycles. The molecule has 0 amide bonds. The van der Waals surface area contributed by atoms with Crippen LogP contribution in [0.1, 0.15) is 65.7 Å². The third kappa shape index (κ3) is 2.75. The molecule has 0 radical (unpaired) electrons. The zero-order chi connectivity index (χ0) is 22.4. The largest absolute Gasteiger partial charge is 0.411 e. The Morgan fingerprint density at radius 1 is 0.875 bits per heavy atom. The summed E-state index contributed by atoms with van der Waals surface area (Å²) < 4.78 is 24.3. The predicted octanol–water partition coefficient (Wildman–Crippen LogP) is 3.56. The minimum atomic E-state index is -0.642. The van der Waals surface area contributed by atoms with Crippen molar-refractivity contribution < 1.29 is 29.3 Å². The van der Waals surface area contributed by atoms with Crippen molar-refractivity contribution in [3.05, 3.63) is 0 Å². The second-order valence-electron chi connectivity index (χ2n) is 12.0. The van der Waals surface area contributed by atoms with E-state index in [1.165, 1.54) is 0 Å². The first-order chi connectivity index (χ1) is 15.3. The first-order valence-corrected chi connectivity index (χ1v) is 12.7. The van der Waals surface area contributed by atoms with Gasteiger partial charge in [-0.1, -0.05) is 19.0 Å². The lowest BCUT2D eigenvalue weighted by Crippen LogP contribution is -2.64. The summed E-state index contributed by atoms with van der Waals surface area (Å²) >= 11 is 0. The normalized spacial score (nSPS) is 52.7. The van der Waals surface area contributed by atoms with Crippen molar-refractivity contribution in [3.8, 4) is 0 Å². The Hall–Kier alpha value is -0.730. The smallest absolute Gasteiger partial charge is 0.174 e. The van der Waals surface area contributed by atoms with E-state index in [0.717, 1.165) is 44.2 Å². The number of hydrogen-bond donors (Lipinski definition) is 2. The maximum atomic E-state index is 11.8. The number of oxime groups is 1. The zero-order valence-corrected chi connectivity index (χ0v) is 19.7. The van der Waals surface area contributed by atoms with Gasteiger partial charge >= 0.3 is 0 Å². The third-order valence-electron chi connectivity index (χ3n) is 10.9. The number of fused-ring (bicyclic) bond motifs is 5. The average molecular weight is 450 g/mol. The summed E-state index contributed by atoms with van der Waals surface area (Å²) in [5.41, 5.74) is 0.422. The topological polar surface area (TPSA) is 89.7 Å². The monoisotopic (exact) mass is 449 g/mol. The second kappa shape index (κ2) is 7.14. The van der Waals surface area contributed by atoms with E-state index in [1.807, 2.05) is 0 Å². The molecule has 1 spiro atoms. The van der Waals surface area contributed by atoms with Crippen LogP contribution in [-0.4, -0.2) is 60.1 Å². The Labute approximate surface area is 190 Å². The number of aliphatic hydroxyl groups excluding tert-OH is 1. The highest BCUT2D eigenvalue weighted by Crippen LogP contribution is 2.69. The highest BCUT2D eigenvalue weighted by molar-refractivity contribution is 5.92. The summed E-state index contributed by atoms with van der Waals surface area (Å²) in [6.07, 6.45) is 6.03. The summed E-state index contributed by atoms with van der Waals surface area (Å²) in [6, 6.07) is 0. The van der Waals surface area contributed by atoms with Crippen molar-refractivity contribution in [2.75, 3.05) is 26.4 Å². The molecule has 7 nitrogen and oxygen atoms in total. The van der Waals surface area contributed by atoms with Crippen LogP contribution in [0.3, 0.4) is 0 Å². The van der Waals surface area contributed by atoms with E-state index in [1.54, 1.807) is 0 Å². The van der Waals surface area contributed by atoms with Gasteiger partial charge in [-0.2, -0.15) is 0 Å². The van der Waals surface area contributed by atoms with E-state index in [-0.39, 0.29) is 22.7 Å². The van der Waals surface area contributed by atoms with Gasteiger partial charge < -0.3 is 29.3 Å². The Morgan fingerprint density at radius 2 is 1.56 bits per heavy atom. The molecule has 6 rings (SSSR count). The van der Waals surface area contributed by atoms with Gasteiger partial charge in [-0.05, 0) is 68.1 Å². The number of nitrogens with zero attached hydrogens (tertiary/aromatic N) is 1. The quantitative estimate of drug-likeness (QED) is 0.470. The third-order valence-corrected chi connectivity index (χ3v) is 10.9. The summed E-state index contributed by atoms with van der Waals surface area (Å²) in [5, 5.41) is 25.7. The van der Waals surface area contributed by atoms with Gasteiger partial charge in [0, 0.05) is 24.2 Å². The van der Waals surface area contributed by atoms with Gasteiger partial charge in [-0.3, -0.25) is 0 Å². The highest BCUT2D eigenvalue weighted by Gasteiger charge is 2.68. The first-order valence-electron chi connectivity index (χ1n) is 12.7. The van der Waals surface area contributed by atoms with Gasteiger partial charge in [-0.25, -0.2) is 0 Å². The summed E-state index contributed by atoms with van der Waals surface area (Å²) in [5.74, 6) is 0.441. The summed E-state index contributed by atoms with van der Waals surface area (Å²) in [7, 11) is 0. The molecule has 0 unspecified atom stereocenters. The number of rotatable bonds is 1. The van der Waals surface area contributed by atoms with Crippen molar-refractivity contribution >= 4 is 5.71 Å². The molecule has 6 aliphatic rings. The molecule has 2 saturated heterocycles. The maximum Gasteiger partial charge on any atom is 0.174 e. The lowest BCUT2D eigenvalue weighted by atomic mass is 9.43. The van der Waals surface area contributed by atoms with Crippen LogP contribution in [0.5, 0.6) is 0 Å². The van der Waals surface area contributed by atoms with Crippen LogP contribution in [-0.2, 0) is 18.9 Å². The maximum absolute atomic E-state index is 11.8. The molecular formula is C25H39NO6. The molecule has 0 bridgehead atoms. The Balaban J connectivity index is 1.34. The van der Waals surface area contributed by atoms with Gasteiger partial charge in [0.05, 0.1) is 38.2 Å². The standard InChI is InChI=1S/C25H39NO6/c1-22-13-18(27)21-16(17(22)6-7-19(22)24(3)29-8-9-30-24)5-4-15-12-25(31-10-11-32-25)14-20(26-28)23(15,21)2/h15-19,21,27-28H,4-14H2,1-3H3/b26-20+/t15-,16+,17+,18+,19+,21-,22+,23+/m0/s1. The van der Waals surface area contributed by atoms with Crippen LogP contribution in [0.4, 0.5) is 0 Å². The summed E-state index contributed by atoms with van der Waals surface area (Å²) in [4.78, 5) is 0. The fourth-order valence-electron chi connectivity index (χ4n) is 9.65. The van der Waals surface area contributed by atoms with Crippen molar-refractivity contribution in [1.29, 1.82) is 0 Å². The molecule has 0 aromatic carbocycles.